The summed E-state index contributed by atoms with van der Waals surface area (Å²) in [6.45, 7) is 4.45. The summed E-state index contributed by atoms with van der Waals surface area (Å²) in [5, 5.41) is 20.6. The van der Waals surface area contributed by atoms with Crippen molar-refractivity contribution in [3.05, 3.63) is 66.0 Å². The summed E-state index contributed by atoms with van der Waals surface area (Å²) >= 11 is 0. The molecule has 3 unspecified atom stereocenters. The number of rotatable bonds is 2. The molecule has 6 heteroatoms. The van der Waals surface area contributed by atoms with Gasteiger partial charge in [0.15, 0.2) is 5.82 Å². The Kier molecular flexibility index (Phi) is 4.88. The Labute approximate surface area is 160 Å². The van der Waals surface area contributed by atoms with Gasteiger partial charge in [0.2, 0.25) is 0 Å². The Morgan fingerprint density at radius 1 is 1.07 bits per heavy atom. The molecule has 1 aliphatic carbocycles. The molecule has 0 saturated heterocycles. The van der Waals surface area contributed by atoms with E-state index in [1.807, 2.05) is 30.3 Å². The summed E-state index contributed by atoms with van der Waals surface area (Å²) < 4.78 is 0. The number of nitrogens with zero attached hydrogens (tertiary/aromatic N) is 5. The monoisotopic (exact) mass is 362 g/mol. The number of fused-ring (bicyclic) bond motifs is 3. The van der Waals surface area contributed by atoms with Gasteiger partial charge in [0, 0.05) is 17.4 Å². The molecule has 2 aliphatic rings. The van der Waals surface area contributed by atoms with Gasteiger partial charge < -0.3 is 5.32 Å². The number of hydrogen-bond donors (Lipinski definition) is 1. The Bertz CT molecular complexity index is 863. The molecule has 6 nitrogen and oxygen atoms in total. The molecule has 3 atom stereocenters. The Morgan fingerprint density at radius 2 is 1.78 bits per heavy atom. The maximum absolute atomic E-state index is 4.74. The fraction of sp³-hybridized carbons (Fsp3) is 0.429. The van der Waals surface area contributed by atoms with Gasteiger partial charge >= 0.3 is 0 Å². The Hall–Kier alpha value is -2.76. The van der Waals surface area contributed by atoms with Crippen LogP contribution in [0.3, 0.4) is 0 Å². The number of amidine groups is 1. The van der Waals surface area contributed by atoms with E-state index in [1.54, 1.807) is 4.79 Å². The van der Waals surface area contributed by atoms with E-state index in [-0.39, 0.29) is 11.5 Å². The molecule has 1 N–H and O–H groups in total. The number of aromatic nitrogens is 4. The summed E-state index contributed by atoms with van der Waals surface area (Å²) in [4.78, 5) is 1.61. The summed E-state index contributed by atoms with van der Waals surface area (Å²) in [5.74, 6) is 2.22. The van der Waals surface area contributed by atoms with Crippen LogP contribution < -0.4 is 5.32 Å². The largest absolute Gasteiger partial charge is 0.365 e. The maximum atomic E-state index is 4.74. The SMILES string of the molecule is CC(NC1=Nn2nnnc2C2(C)CCCCC12)c1ccccccccc1. The molecule has 4 rings (SSSR count). The molecular weight excluding hydrogens is 336 g/mol. The Morgan fingerprint density at radius 3 is 2.52 bits per heavy atom. The van der Waals surface area contributed by atoms with E-state index in [9.17, 15) is 0 Å². The van der Waals surface area contributed by atoms with E-state index in [0.717, 1.165) is 24.5 Å². The van der Waals surface area contributed by atoms with E-state index in [2.05, 4.69) is 59.0 Å². The van der Waals surface area contributed by atoms with Crippen molar-refractivity contribution in [2.45, 2.75) is 51.0 Å². The van der Waals surface area contributed by atoms with Crippen molar-refractivity contribution in [2.24, 2.45) is 11.0 Å². The minimum absolute atomic E-state index is 0.0560. The van der Waals surface area contributed by atoms with Crippen molar-refractivity contribution in [2.75, 3.05) is 0 Å². The van der Waals surface area contributed by atoms with Crippen LogP contribution in [0.25, 0.3) is 0 Å². The van der Waals surface area contributed by atoms with E-state index in [0.29, 0.717) is 5.92 Å². The molecule has 2 aromatic rings. The molecule has 1 aromatic carbocycles. The molecule has 1 fully saturated rings. The first-order valence-electron chi connectivity index (χ1n) is 9.71. The first-order valence-corrected chi connectivity index (χ1v) is 9.71. The van der Waals surface area contributed by atoms with Crippen LogP contribution >= 0.6 is 0 Å². The molecule has 2 heterocycles. The van der Waals surface area contributed by atoms with Crippen molar-refractivity contribution in [3.63, 3.8) is 0 Å². The lowest BCUT2D eigenvalue weighted by Gasteiger charge is -2.43. The van der Waals surface area contributed by atoms with Gasteiger partial charge in [-0.25, -0.2) is 0 Å². The number of nitrogens with one attached hydrogen (secondary N) is 1. The average Bonchev–Trinajstić information content (AvgIpc) is 3.15. The highest BCUT2D eigenvalue weighted by Gasteiger charge is 2.47. The second-order valence-electron chi connectivity index (χ2n) is 7.64. The molecule has 0 amide bonds. The van der Waals surface area contributed by atoms with Gasteiger partial charge in [-0.1, -0.05) is 74.4 Å². The van der Waals surface area contributed by atoms with Crippen molar-refractivity contribution >= 4 is 5.84 Å². The van der Waals surface area contributed by atoms with Gasteiger partial charge in [-0.2, -0.15) is 0 Å². The van der Waals surface area contributed by atoms with Crippen LogP contribution in [0, 0.1) is 5.92 Å². The lowest BCUT2D eigenvalue weighted by molar-refractivity contribution is 0.225. The van der Waals surface area contributed by atoms with Crippen LogP contribution in [0.4, 0.5) is 0 Å². The zero-order chi connectivity index (χ0) is 18.7. The molecule has 1 aliphatic heterocycles. The van der Waals surface area contributed by atoms with Crippen molar-refractivity contribution < 1.29 is 0 Å². The third kappa shape index (κ3) is 3.44. The van der Waals surface area contributed by atoms with E-state index in [1.165, 1.54) is 18.4 Å². The smallest absolute Gasteiger partial charge is 0.183 e. The molecular formula is C21H26N6. The normalized spacial score (nSPS) is 24.7. The molecule has 0 bridgehead atoms. The van der Waals surface area contributed by atoms with Crippen LogP contribution in [0.1, 0.15) is 57.0 Å². The first kappa shape index (κ1) is 17.6. The van der Waals surface area contributed by atoms with Gasteiger partial charge in [0.05, 0.1) is 0 Å². The van der Waals surface area contributed by atoms with Crippen LogP contribution in [-0.2, 0) is 5.41 Å². The van der Waals surface area contributed by atoms with Gasteiger partial charge in [-0.15, -0.1) is 15.0 Å². The second-order valence-corrected chi connectivity index (χ2v) is 7.64. The van der Waals surface area contributed by atoms with Gasteiger partial charge in [0.1, 0.15) is 5.84 Å². The summed E-state index contributed by atoms with van der Waals surface area (Å²) in [7, 11) is 0. The number of hydrogen-bond acceptors (Lipinski definition) is 5. The highest BCUT2D eigenvalue weighted by Crippen LogP contribution is 2.45. The van der Waals surface area contributed by atoms with Crippen LogP contribution in [-0.4, -0.2) is 26.2 Å². The summed E-state index contributed by atoms with van der Waals surface area (Å²) in [6.07, 6.45) is 4.64. The second kappa shape index (κ2) is 7.47. The van der Waals surface area contributed by atoms with Gasteiger partial charge in [-0.05, 0) is 35.8 Å². The van der Waals surface area contributed by atoms with Crippen LogP contribution in [0.15, 0.2) is 59.7 Å². The fourth-order valence-electron chi connectivity index (χ4n) is 4.24. The molecule has 1 saturated carbocycles. The molecule has 27 heavy (non-hydrogen) atoms. The minimum atomic E-state index is -0.0560. The predicted molar refractivity (Wildman–Crippen MR) is 106 cm³/mol. The quantitative estimate of drug-likeness (QED) is 0.883. The standard InChI is InChI=1S/C21H26N6/c1-16(17-12-8-6-4-3-5-7-9-13-17)22-19-18-14-10-11-15-21(18,2)20-23-25-26-27(20)24-19/h3-9,12-13,16,18H,10-11,14-15H2,1-2H3,(H,22,24). The Balaban J connectivity index is 1.66. The third-order valence-electron chi connectivity index (χ3n) is 5.81. The lowest BCUT2D eigenvalue weighted by atomic mass is 9.65. The van der Waals surface area contributed by atoms with Crippen LogP contribution in [0.2, 0.25) is 0 Å². The minimum Gasteiger partial charge on any atom is -0.365 e. The highest BCUT2D eigenvalue weighted by atomic mass is 15.7. The first-order chi connectivity index (χ1) is 13.2. The van der Waals surface area contributed by atoms with Gasteiger partial charge in [0.25, 0.3) is 0 Å². The highest BCUT2D eigenvalue weighted by molar-refractivity contribution is 5.87. The fourth-order valence-corrected chi connectivity index (χ4v) is 4.24. The van der Waals surface area contributed by atoms with Crippen molar-refractivity contribution in [1.82, 2.24) is 25.6 Å². The molecule has 1 aromatic heterocycles. The average molecular weight is 362 g/mol. The zero-order valence-corrected chi connectivity index (χ0v) is 15.9. The topological polar surface area (TPSA) is 68.0 Å². The maximum Gasteiger partial charge on any atom is 0.183 e. The van der Waals surface area contributed by atoms with Crippen LogP contribution in [0.5, 0.6) is 0 Å². The van der Waals surface area contributed by atoms with Crippen molar-refractivity contribution in [1.29, 1.82) is 0 Å². The van der Waals surface area contributed by atoms with Crippen molar-refractivity contribution in [3.8, 4) is 0 Å². The summed E-state index contributed by atoms with van der Waals surface area (Å²) in [6, 6.07) is 18.7. The zero-order valence-electron chi connectivity index (χ0n) is 15.9. The van der Waals surface area contributed by atoms with Gasteiger partial charge in [-0.3, -0.25) is 0 Å². The van der Waals surface area contributed by atoms with E-state index < -0.39 is 0 Å². The summed E-state index contributed by atoms with van der Waals surface area (Å²) in [5.41, 5.74) is 1.15. The number of tetrazole rings is 1. The van der Waals surface area contributed by atoms with E-state index >= 15 is 0 Å². The lowest BCUT2D eigenvalue weighted by Crippen LogP contribution is -2.50. The molecule has 0 spiro atoms. The molecule has 0 radical (unpaired) electrons. The predicted octanol–water partition coefficient (Wildman–Crippen LogP) is 3.77. The molecule has 140 valence electrons. The van der Waals surface area contributed by atoms with E-state index in [4.69, 9.17) is 5.10 Å². The third-order valence-corrected chi connectivity index (χ3v) is 5.81.